The Morgan fingerprint density at radius 1 is 1.33 bits per heavy atom. The molecule has 1 aliphatic rings. The molecule has 0 spiro atoms. The normalized spacial score (nSPS) is 18.1. The summed E-state index contributed by atoms with van der Waals surface area (Å²) >= 11 is 0. The van der Waals surface area contributed by atoms with Crippen molar-refractivity contribution in [3.8, 4) is 0 Å². The zero-order valence-corrected chi connectivity index (χ0v) is 6.71. The molecule has 66 valence electrons. The van der Waals surface area contributed by atoms with E-state index in [0.717, 1.165) is 12.8 Å². The van der Waals surface area contributed by atoms with E-state index < -0.39 is 0 Å². The van der Waals surface area contributed by atoms with Crippen LogP contribution in [0, 0.1) is 0 Å². The predicted molar refractivity (Wildman–Crippen MR) is 49.2 cm³/mol. The molecule has 0 heterocycles. The average Bonchev–Trinajstić information content (AvgIpc) is 2.06. The number of carbonyl (C=O) groups excluding carboxylic acids is 1. The van der Waals surface area contributed by atoms with Gasteiger partial charge in [-0.15, -0.1) is 0 Å². The molecule has 0 saturated heterocycles. The van der Waals surface area contributed by atoms with Gasteiger partial charge in [0.25, 0.3) is 0 Å². The van der Waals surface area contributed by atoms with Crippen LogP contribution < -0.4 is 5.73 Å². The van der Waals surface area contributed by atoms with Crippen LogP contribution in [0.5, 0.6) is 0 Å². The van der Waals surface area contributed by atoms with E-state index in [2.05, 4.69) is 0 Å². The van der Waals surface area contributed by atoms with Crippen molar-refractivity contribution in [2.45, 2.75) is 38.2 Å². The SMILES string of the molecule is NCC(=O)OC1CCCCC1.[NaH]. The summed E-state index contributed by atoms with van der Waals surface area (Å²) in [6.45, 7) is 0.0104. The van der Waals surface area contributed by atoms with Crippen LogP contribution in [0.4, 0.5) is 0 Å². The van der Waals surface area contributed by atoms with E-state index in [1.54, 1.807) is 0 Å². The van der Waals surface area contributed by atoms with Crippen LogP contribution >= 0.6 is 0 Å². The average molecular weight is 181 g/mol. The second-order valence-corrected chi connectivity index (χ2v) is 2.95. The van der Waals surface area contributed by atoms with Gasteiger partial charge in [-0.05, 0) is 25.7 Å². The summed E-state index contributed by atoms with van der Waals surface area (Å²) in [6.07, 6.45) is 5.83. The number of rotatable bonds is 2. The molecule has 1 fully saturated rings. The van der Waals surface area contributed by atoms with E-state index in [4.69, 9.17) is 10.5 Å². The van der Waals surface area contributed by atoms with E-state index in [-0.39, 0.29) is 48.2 Å². The third kappa shape index (κ3) is 4.45. The Morgan fingerprint density at radius 3 is 2.42 bits per heavy atom. The van der Waals surface area contributed by atoms with E-state index in [1.807, 2.05) is 0 Å². The van der Waals surface area contributed by atoms with Crippen LogP contribution in [0.15, 0.2) is 0 Å². The third-order valence-corrected chi connectivity index (χ3v) is 2.02. The Bertz CT molecular complexity index is 135. The molecule has 0 aromatic heterocycles. The van der Waals surface area contributed by atoms with Gasteiger partial charge in [0.05, 0.1) is 6.54 Å². The summed E-state index contributed by atoms with van der Waals surface area (Å²) in [7, 11) is 0. The molecular formula is C8H16NNaO2. The minimum absolute atomic E-state index is 0. The zero-order chi connectivity index (χ0) is 8.10. The first kappa shape index (κ1) is 12.4. The topological polar surface area (TPSA) is 52.3 Å². The molecule has 4 heteroatoms. The van der Waals surface area contributed by atoms with Crippen molar-refractivity contribution in [1.29, 1.82) is 0 Å². The molecule has 1 aliphatic carbocycles. The summed E-state index contributed by atoms with van der Waals surface area (Å²) < 4.78 is 5.08. The van der Waals surface area contributed by atoms with Gasteiger partial charge in [-0.25, -0.2) is 0 Å². The minimum atomic E-state index is -0.267. The van der Waals surface area contributed by atoms with Gasteiger partial charge in [0.2, 0.25) is 0 Å². The molecule has 0 bridgehead atoms. The van der Waals surface area contributed by atoms with Gasteiger partial charge in [0, 0.05) is 0 Å². The zero-order valence-electron chi connectivity index (χ0n) is 6.71. The van der Waals surface area contributed by atoms with Crippen molar-refractivity contribution in [3.63, 3.8) is 0 Å². The number of carbonyl (C=O) groups is 1. The molecule has 0 aromatic rings. The fraction of sp³-hybridized carbons (Fsp3) is 0.875. The molecule has 1 rings (SSSR count). The predicted octanol–water partition coefficient (Wildman–Crippen LogP) is 0.172. The second-order valence-electron chi connectivity index (χ2n) is 2.95. The fourth-order valence-electron chi connectivity index (χ4n) is 1.42. The Balaban J connectivity index is 0.00000121. The summed E-state index contributed by atoms with van der Waals surface area (Å²) in [5.41, 5.74) is 5.11. The molecule has 0 atom stereocenters. The third-order valence-electron chi connectivity index (χ3n) is 2.02. The quantitative estimate of drug-likeness (QED) is 0.488. The standard InChI is InChI=1S/C8H15NO2.Na.H/c9-6-8(10)11-7-4-2-1-3-5-7;;/h7H,1-6,9H2;;. The molecule has 0 amide bonds. The number of nitrogens with two attached hydrogens (primary N) is 1. The van der Waals surface area contributed by atoms with Gasteiger partial charge >= 0.3 is 35.5 Å². The Hall–Kier alpha value is 0.430. The second kappa shape index (κ2) is 6.89. The summed E-state index contributed by atoms with van der Waals surface area (Å²) in [6, 6.07) is 0. The molecule has 3 nitrogen and oxygen atoms in total. The molecule has 0 aromatic carbocycles. The molecule has 0 radical (unpaired) electrons. The van der Waals surface area contributed by atoms with Crippen LogP contribution in [0.1, 0.15) is 32.1 Å². The number of ether oxygens (including phenoxy) is 1. The number of hydrogen-bond donors (Lipinski definition) is 1. The van der Waals surface area contributed by atoms with Gasteiger partial charge < -0.3 is 10.5 Å². The fourth-order valence-corrected chi connectivity index (χ4v) is 1.42. The Kier molecular flexibility index (Phi) is 7.14. The molecule has 0 unspecified atom stereocenters. The van der Waals surface area contributed by atoms with E-state index in [9.17, 15) is 4.79 Å². The number of esters is 1. The van der Waals surface area contributed by atoms with Crippen LogP contribution in [0.3, 0.4) is 0 Å². The van der Waals surface area contributed by atoms with Crippen LogP contribution in [-0.4, -0.2) is 48.2 Å². The first-order chi connectivity index (χ1) is 5.33. The first-order valence-corrected chi connectivity index (χ1v) is 4.22. The van der Waals surface area contributed by atoms with Crippen molar-refractivity contribution in [1.82, 2.24) is 0 Å². The van der Waals surface area contributed by atoms with Crippen molar-refractivity contribution in [2.75, 3.05) is 6.54 Å². The summed E-state index contributed by atoms with van der Waals surface area (Å²) in [5, 5.41) is 0. The maximum absolute atomic E-state index is 10.7. The first-order valence-electron chi connectivity index (χ1n) is 4.22. The molecule has 1 saturated carbocycles. The molecule has 12 heavy (non-hydrogen) atoms. The molecule has 2 N–H and O–H groups in total. The van der Waals surface area contributed by atoms with Gasteiger partial charge in [0.15, 0.2) is 0 Å². The summed E-state index contributed by atoms with van der Waals surface area (Å²) in [4.78, 5) is 10.7. The van der Waals surface area contributed by atoms with E-state index in [0.29, 0.717) is 0 Å². The Morgan fingerprint density at radius 2 is 1.92 bits per heavy atom. The van der Waals surface area contributed by atoms with Crippen molar-refractivity contribution >= 4 is 35.5 Å². The van der Waals surface area contributed by atoms with Crippen LogP contribution in [-0.2, 0) is 9.53 Å². The van der Waals surface area contributed by atoms with Gasteiger partial charge in [0.1, 0.15) is 6.10 Å². The van der Waals surface area contributed by atoms with Crippen molar-refractivity contribution < 1.29 is 9.53 Å². The molecular weight excluding hydrogens is 165 g/mol. The molecule has 0 aliphatic heterocycles. The number of hydrogen-bond acceptors (Lipinski definition) is 3. The van der Waals surface area contributed by atoms with Crippen LogP contribution in [0.25, 0.3) is 0 Å². The monoisotopic (exact) mass is 181 g/mol. The maximum atomic E-state index is 10.7. The van der Waals surface area contributed by atoms with Gasteiger partial charge in [-0.3, -0.25) is 4.79 Å². The van der Waals surface area contributed by atoms with E-state index in [1.165, 1.54) is 19.3 Å². The van der Waals surface area contributed by atoms with Gasteiger partial charge in [-0.1, -0.05) is 6.42 Å². The summed E-state index contributed by atoms with van der Waals surface area (Å²) in [5.74, 6) is -0.267. The van der Waals surface area contributed by atoms with E-state index >= 15 is 0 Å². The Labute approximate surface area is 95.3 Å². The van der Waals surface area contributed by atoms with Crippen molar-refractivity contribution in [3.05, 3.63) is 0 Å². The van der Waals surface area contributed by atoms with Crippen molar-refractivity contribution in [2.24, 2.45) is 5.73 Å². The van der Waals surface area contributed by atoms with Crippen LogP contribution in [0.2, 0.25) is 0 Å². The van der Waals surface area contributed by atoms with Gasteiger partial charge in [-0.2, -0.15) is 0 Å².